The molecule has 23 heavy (non-hydrogen) atoms. The molecule has 0 aromatic carbocycles. The molecule has 6 heteroatoms. The molecule has 1 fully saturated rings. The molecule has 1 aliphatic heterocycles. The fourth-order valence-electron chi connectivity index (χ4n) is 2.53. The normalized spacial score (nSPS) is 21.7. The monoisotopic (exact) mass is 340 g/mol. The van der Waals surface area contributed by atoms with E-state index in [0.717, 1.165) is 30.0 Å². The molecule has 1 unspecified atom stereocenters. The molecule has 1 amide bonds. The number of carbonyl (C=O) groups excluding carboxylic acids is 1. The van der Waals surface area contributed by atoms with Gasteiger partial charge in [0.2, 0.25) is 0 Å². The lowest BCUT2D eigenvalue weighted by atomic mass is 10.1. The van der Waals surface area contributed by atoms with Gasteiger partial charge in [0.25, 0.3) is 0 Å². The zero-order valence-corrected chi connectivity index (χ0v) is 15.7. The Labute approximate surface area is 143 Å². The van der Waals surface area contributed by atoms with Crippen molar-refractivity contribution in [3.63, 3.8) is 0 Å². The van der Waals surface area contributed by atoms with Crippen molar-refractivity contribution in [3.8, 4) is 0 Å². The Morgan fingerprint density at radius 2 is 2.22 bits per heavy atom. The van der Waals surface area contributed by atoms with Gasteiger partial charge in [-0.25, -0.2) is 9.78 Å². The first-order chi connectivity index (χ1) is 10.7. The first kappa shape index (κ1) is 18.2. The zero-order valence-electron chi connectivity index (χ0n) is 14.8. The molecular weight excluding hydrogens is 312 g/mol. The highest BCUT2D eigenvalue weighted by Crippen LogP contribution is 2.27. The Kier molecular flexibility index (Phi) is 5.68. The van der Waals surface area contributed by atoms with Crippen LogP contribution in [-0.2, 0) is 22.5 Å². The Bertz CT molecular complexity index is 538. The van der Waals surface area contributed by atoms with Crippen LogP contribution < -0.4 is 0 Å². The number of ether oxygens (including phenoxy) is 2. The van der Waals surface area contributed by atoms with E-state index >= 15 is 0 Å². The number of carbonyl (C=O) groups is 1. The molecule has 0 spiro atoms. The average Bonchev–Trinajstić information content (AvgIpc) is 3.03. The molecule has 0 aliphatic carbocycles. The summed E-state index contributed by atoms with van der Waals surface area (Å²) in [6.07, 6.45) is 2.69. The van der Waals surface area contributed by atoms with Gasteiger partial charge in [0, 0.05) is 11.9 Å². The zero-order chi connectivity index (χ0) is 17.1. The summed E-state index contributed by atoms with van der Waals surface area (Å²) in [5, 5.41) is 3.23. The summed E-state index contributed by atoms with van der Waals surface area (Å²) in [4.78, 5) is 18.4. The van der Waals surface area contributed by atoms with Crippen molar-refractivity contribution in [2.75, 3.05) is 13.1 Å². The minimum atomic E-state index is -0.465. The van der Waals surface area contributed by atoms with Gasteiger partial charge in [0.1, 0.15) is 5.60 Å². The number of thiazole rings is 1. The molecule has 1 saturated heterocycles. The summed E-state index contributed by atoms with van der Waals surface area (Å²) in [6, 6.07) is 0. The fourth-order valence-corrected chi connectivity index (χ4v) is 3.41. The van der Waals surface area contributed by atoms with Gasteiger partial charge in [-0.3, -0.25) is 0 Å². The number of likely N-dealkylation sites (tertiary alicyclic amines) is 1. The number of hydrogen-bond acceptors (Lipinski definition) is 5. The largest absolute Gasteiger partial charge is 0.444 e. The lowest BCUT2D eigenvalue weighted by molar-refractivity contribution is -0.0385. The average molecular weight is 340 g/mol. The number of amides is 1. The highest BCUT2D eigenvalue weighted by molar-refractivity contribution is 7.09. The van der Waals surface area contributed by atoms with Crippen LogP contribution in [0.1, 0.15) is 58.2 Å². The van der Waals surface area contributed by atoms with Crippen molar-refractivity contribution in [1.29, 1.82) is 0 Å². The number of nitrogens with zero attached hydrogens (tertiary/aromatic N) is 2. The molecule has 0 radical (unpaired) electrons. The topological polar surface area (TPSA) is 51.7 Å². The minimum absolute atomic E-state index is 0.260. The van der Waals surface area contributed by atoms with Gasteiger partial charge in [-0.1, -0.05) is 6.92 Å². The quantitative estimate of drug-likeness (QED) is 0.812. The Hall–Kier alpha value is -1.14. The van der Waals surface area contributed by atoms with Gasteiger partial charge in [-0.2, -0.15) is 0 Å². The van der Waals surface area contributed by atoms with Crippen LogP contribution in [0.25, 0.3) is 0 Å². The second kappa shape index (κ2) is 7.18. The molecule has 0 bridgehead atoms. The van der Waals surface area contributed by atoms with Crippen LogP contribution in [0.4, 0.5) is 4.79 Å². The van der Waals surface area contributed by atoms with E-state index in [-0.39, 0.29) is 11.7 Å². The van der Waals surface area contributed by atoms with Crippen molar-refractivity contribution in [2.45, 2.75) is 71.7 Å². The molecule has 1 aromatic heterocycles. The van der Waals surface area contributed by atoms with Crippen molar-refractivity contribution >= 4 is 17.4 Å². The molecule has 0 saturated carbocycles. The van der Waals surface area contributed by atoms with E-state index < -0.39 is 5.60 Å². The summed E-state index contributed by atoms with van der Waals surface area (Å²) in [5.41, 5.74) is 0.189. The fraction of sp³-hybridized carbons (Fsp3) is 0.765. The SMILES string of the molecule is CCCc1nc(COC2(C)CCN(C(=O)OC(C)(C)C)C2)cs1. The van der Waals surface area contributed by atoms with Crippen LogP contribution in [-0.4, -0.2) is 40.3 Å². The van der Waals surface area contributed by atoms with E-state index in [0.29, 0.717) is 19.7 Å². The maximum absolute atomic E-state index is 12.1. The first-order valence-corrected chi connectivity index (χ1v) is 9.14. The molecule has 130 valence electrons. The van der Waals surface area contributed by atoms with Crippen molar-refractivity contribution in [1.82, 2.24) is 9.88 Å². The van der Waals surface area contributed by atoms with E-state index in [1.54, 1.807) is 16.2 Å². The molecule has 1 aromatic rings. The van der Waals surface area contributed by atoms with Crippen LogP contribution in [0.15, 0.2) is 5.38 Å². The molecule has 5 nitrogen and oxygen atoms in total. The van der Waals surface area contributed by atoms with Gasteiger partial charge >= 0.3 is 6.09 Å². The summed E-state index contributed by atoms with van der Waals surface area (Å²) in [7, 11) is 0. The molecule has 1 aliphatic rings. The number of hydrogen-bond donors (Lipinski definition) is 0. The third-order valence-corrected chi connectivity index (χ3v) is 4.68. The highest BCUT2D eigenvalue weighted by Gasteiger charge is 2.38. The number of aromatic nitrogens is 1. The van der Waals surface area contributed by atoms with Crippen molar-refractivity contribution < 1.29 is 14.3 Å². The van der Waals surface area contributed by atoms with Crippen LogP contribution in [0.3, 0.4) is 0 Å². The molecule has 0 N–H and O–H groups in total. The van der Waals surface area contributed by atoms with Gasteiger partial charge in [0.05, 0.1) is 29.5 Å². The predicted octanol–water partition coefficient (Wildman–Crippen LogP) is 4.01. The minimum Gasteiger partial charge on any atom is -0.444 e. The van der Waals surface area contributed by atoms with Gasteiger partial charge in [-0.05, 0) is 47.0 Å². The third kappa shape index (κ3) is 5.46. The van der Waals surface area contributed by atoms with Crippen molar-refractivity contribution in [3.05, 3.63) is 16.1 Å². The van der Waals surface area contributed by atoms with E-state index in [9.17, 15) is 4.79 Å². The molecule has 1 atom stereocenters. The Morgan fingerprint density at radius 1 is 1.48 bits per heavy atom. The highest BCUT2D eigenvalue weighted by atomic mass is 32.1. The summed E-state index contributed by atoms with van der Waals surface area (Å²) >= 11 is 1.69. The van der Waals surface area contributed by atoms with Crippen LogP contribution >= 0.6 is 11.3 Å². The molecule has 2 rings (SSSR count). The van der Waals surface area contributed by atoms with Crippen LogP contribution in [0.2, 0.25) is 0 Å². The Morgan fingerprint density at radius 3 is 2.87 bits per heavy atom. The smallest absolute Gasteiger partial charge is 0.410 e. The predicted molar refractivity (Wildman–Crippen MR) is 91.7 cm³/mol. The molecular formula is C17H28N2O3S. The first-order valence-electron chi connectivity index (χ1n) is 8.26. The summed E-state index contributed by atoms with van der Waals surface area (Å²) < 4.78 is 11.5. The number of aryl methyl sites for hydroxylation is 1. The lowest BCUT2D eigenvalue weighted by Gasteiger charge is -2.27. The van der Waals surface area contributed by atoms with Crippen LogP contribution in [0, 0.1) is 0 Å². The van der Waals surface area contributed by atoms with Gasteiger partial charge < -0.3 is 14.4 Å². The third-order valence-electron chi connectivity index (χ3n) is 3.72. The van der Waals surface area contributed by atoms with E-state index in [2.05, 4.69) is 24.2 Å². The summed E-state index contributed by atoms with van der Waals surface area (Å²) in [6.45, 7) is 11.6. The van der Waals surface area contributed by atoms with Crippen LogP contribution in [0.5, 0.6) is 0 Å². The van der Waals surface area contributed by atoms with Gasteiger partial charge in [-0.15, -0.1) is 11.3 Å². The maximum Gasteiger partial charge on any atom is 0.410 e. The lowest BCUT2D eigenvalue weighted by Crippen LogP contribution is -2.39. The maximum atomic E-state index is 12.1. The van der Waals surface area contributed by atoms with E-state index in [1.807, 2.05) is 20.8 Å². The second-order valence-corrected chi connectivity index (χ2v) is 8.32. The Balaban J connectivity index is 1.84. The second-order valence-electron chi connectivity index (χ2n) is 7.37. The van der Waals surface area contributed by atoms with E-state index in [1.165, 1.54) is 0 Å². The molecule has 2 heterocycles. The summed E-state index contributed by atoms with van der Waals surface area (Å²) in [5.74, 6) is 0. The number of rotatable bonds is 5. The van der Waals surface area contributed by atoms with Crippen molar-refractivity contribution in [2.24, 2.45) is 0 Å². The standard InChI is InChI=1S/C17H28N2O3S/c1-6-7-14-18-13(11-23-14)10-21-17(5)8-9-19(12-17)15(20)22-16(2,3)4/h11H,6-10,12H2,1-5H3. The van der Waals surface area contributed by atoms with E-state index in [4.69, 9.17) is 9.47 Å². The van der Waals surface area contributed by atoms with Gasteiger partial charge in [0.15, 0.2) is 0 Å².